The van der Waals surface area contributed by atoms with E-state index in [0.717, 1.165) is 34.5 Å². The van der Waals surface area contributed by atoms with E-state index in [1.165, 1.54) is 22.2 Å². The van der Waals surface area contributed by atoms with Crippen molar-refractivity contribution in [1.82, 2.24) is 23.8 Å². The van der Waals surface area contributed by atoms with Crippen LogP contribution in [0.15, 0.2) is 59.8 Å². The Hall–Kier alpha value is -4.12. The number of aromatic nitrogens is 4. The van der Waals surface area contributed by atoms with Crippen LogP contribution in [0.25, 0.3) is 21.8 Å². The SMILES string of the molecule is Cc1cc(-c2cc(F)c(=O)n(Cc3cccc(-c4ncc(OCC5CCN(C(=O)OC(C)(C)C)CC5)cn4)c3)c2)sn1. The number of carbonyl (C=O) groups is 1. The number of pyridine rings is 1. The Balaban J connectivity index is 1.19. The monoisotopic (exact) mass is 591 g/mol. The summed E-state index contributed by atoms with van der Waals surface area (Å²) in [5, 5.41) is 0. The Bertz CT molecular complexity index is 1600. The number of benzene rings is 1. The van der Waals surface area contributed by atoms with Gasteiger partial charge in [-0.15, -0.1) is 0 Å². The predicted octanol–water partition coefficient (Wildman–Crippen LogP) is 5.95. The zero-order valence-electron chi connectivity index (χ0n) is 24.2. The average molecular weight is 592 g/mol. The average Bonchev–Trinajstić information content (AvgIpc) is 3.40. The fraction of sp³-hybridized carbons (Fsp3) is 0.387. The molecule has 4 aromatic rings. The minimum Gasteiger partial charge on any atom is -0.490 e. The molecule has 1 amide bonds. The molecule has 1 fully saturated rings. The van der Waals surface area contributed by atoms with E-state index in [9.17, 15) is 14.0 Å². The quantitative estimate of drug-likeness (QED) is 0.262. The molecule has 4 heterocycles. The van der Waals surface area contributed by atoms with Crippen LogP contribution in [0, 0.1) is 18.7 Å². The van der Waals surface area contributed by atoms with E-state index in [1.54, 1.807) is 23.5 Å². The van der Waals surface area contributed by atoms with E-state index in [4.69, 9.17) is 9.47 Å². The van der Waals surface area contributed by atoms with Gasteiger partial charge in [0.15, 0.2) is 17.4 Å². The first-order chi connectivity index (χ1) is 20.0. The molecule has 3 aromatic heterocycles. The number of piperidine rings is 1. The lowest BCUT2D eigenvalue weighted by Gasteiger charge is -2.33. The van der Waals surface area contributed by atoms with Gasteiger partial charge in [0.05, 0.1) is 36.1 Å². The van der Waals surface area contributed by atoms with Crippen molar-refractivity contribution in [1.29, 1.82) is 0 Å². The first kappa shape index (κ1) is 29.4. The van der Waals surface area contributed by atoms with E-state index < -0.39 is 17.0 Å². The summed E-state index contributed by atoms with van der Waals surface area (Å²) in [6.07, 6.45) is 6.36. The molecule has 0 unspecified atom stereocenters. The van der Waals surface area contributed by atoms with Crippen LogP contribution in [0.1, 0.15) is 44.9 Å². The zero-order valence-corrected chi connectivity index (χ0v) is 25.0. The molecule has 1 saturated heterocycles. The largest absolute Gasteiger partial charge is 0.490 e. The lowest BCUT2D eigenvalue weighted by molar-refractivity contribution is 0.0165. The summed E-state index contributed by atoms with van der Waals surface area (Å²) in [4.78, 5) is 36.3. The first-order valence-electron chi connectivity index (χ1n) is 13.9. The Kier molecular flexibility index (Phi) is 8.67. The number of halogens is 1. The molecule has 0 N–H and O–H groups in total. The molecule has 1 aromatic carbocycles. The van der Waals surface area contributed by atoms with Crippen LogP contribution in [-0.4, -0.2) is 55.2 Å². The number of likely N-dealkylation sites (tertiary alicyclic amines) is 1. The number of aryl methyl sites for hydroxylation is 1. The van der Waals surface area contributed by atoms with Crippen LogP contribution in [0.4, 0.5) is 9.18 Å². The Morgan fingerprint density at radius 3 is 2.50 bits per heavy atom. The third kappa shape index (κ3) is 7.39. The van der Waals surface area contributed by atoms with Crippen LogP contribution < -0.4 is 10.3 Å². The lowest BCUT2D eigenvalue weighted by atomic mass is 9.98. The van der Waals surface area contributed by atoms with Crippen molar-refractivity contribution >= 4 is 17.6 Å². The van der Waals surface area contributed by atoms with E-state index in [1.807, 2.05) is 58.0 Å². The maximum atomic E-state index is 14.5. The highest BCUT2D eigenvalue weighted by molar-refractivity contribution is 7.09. The molecule has 0 atom stereocenters. The Labute approximate surface area is 248 Å². The fourth-order valence-electron chi connectivity index (χ4n) is 4.72. The van der Waals surface area contributed by atoms with E-state index >= 15 is 0 Å². The Morgan fingerprint density at radius 2 is 1.83 bits per heavy atom. The number of hydrogen-bond donors (Lipinski definition) is 0. The molecule has 1 aliphatic heterocycles. The van der Waals surface area contributed by atoms with Crippen LogP contribution >= 0.6 is 11.5 Å². The van der Waals surface area contributed by atoms with Crippen molar-refractivity contribution in [2.75, 3.05) is 19.7 Å². The smallest absolute Gasteiger partial charge is 0.410 e. The van der Waals surface area contributed by atoms with Gasteiger partial charge in [-0.25, -0.2) is 19.2 Å². The summed E-state index contributed by atoms with van der Waals surface area (Å²) in [7, 11) is 0. The van der Waals surface area contributed by atoms with Crippen molar-refractivity contribution in [3.8, 4) is 27.6 Å². The topological polar surface area (TPSA) is 99.4 Å². The molecule has 9 nitrogen and oxygen atoms in total. The number of nitrogens with zero attached hydrogens (tertiary/aromatic N) is 5. The zero-order chi connectivity index (χ0) is 29.9. The normalized spacial score (nSPS) is 14.2. The summed E-state index contributed by atoms with van der Waals surface area (Å²) >= 11 is 1.27. The summed E-state index contributed by atoms with van der Waals surface area (Å²) in [5.41, 5.74) is 1.86. The molecule has 0 spiro atoms. The third-order valence-corrected chi connectivity index (χ3v) is 7.80. The van der Waals surface area contributed by atoms with Gasteiger partial charge in [-0.05, 0) is 81.7 Å². The van der Waals surface area contributed by atoms with Crippen LogP contribution in [-0.2, 0) is 11.3 Å². The maximum absolute atomic E-state index is 14.5. The minimum absolute atomic E-state index is 0.198. The lowest BCUT2D eigenvalue weighted by Crippen LogP contribution is -2.42. The van der Waals surface area contributed by atoms with Gasteiger partial charge in [-0.1, -0.05) is 18.2 Å². The van der Waals surface area contributed by atoms with Crippen LogP contribution in [0.3, 0.4) is 0 Å². The van der Waals surface area contributed by atoms with Crippen LogP contribution in [0.5, 0.6) is 5.75 Å². The van der Waals surface area contributed by atoms with Gasteiger partial charge in [-0.3, -0.25) is 4.79 Å². The molecule has 1 aliphatic rings. The number of ether oxygens (including phenoxy) is 2. The van der Waals surface area contributed by atoms with Crippen molar-refractivity contribution in [3.63, 3.8) is 0 Å². The third-order valence-electron chi connectivity index (χ3n) is 6.87. The second kappa shape index (κ2) is 12.4. The van der Waals surface area contributed by atoms with Crippen molar-refractivity contribution < 1.29 is 18.7 Å². The number of hydrogen-bond acceptors (Lipinski definition) is 8. The van der Waals surface area contributed by atoms with Gasteiger partial charge in [0.25, 0.3) is 5.56 Å². The molecular weight excluding hydrogens is 557 g/mol. The maximum Gasteiger partial charge on any atom is 0.410 e. The summed E-state index contributed by atoms with van der Waals surface area (Å²) in [6.45, 7) is 9.47. The molecule has 5 rings (SSSR count). The first-order valence-corrected chi connectivity index (χ1v) is 14.7. The van der Waals surface area contributed by atoms with Gasteiger partial charge in [0.2, 0.25) is 0 Å². The summed E-state index contributed by atoms with van der Waals surface area (Å²) in [6, 6.07) is 10.6. The molecule has 0 radical (unpaired) electrons. The molecule has 42 heavy (non-hydrogen) atoms. The summed E-state index contributed by atoms with van der Waals surface area (Å²) < 4.78 is 31.5. The van der Waals surface area contributed by atoms with Gasteiger partial charge < -0.3 is 18.9 Å². The van der Waals surface area contributed by atoms with Crippen molar-refractivity contribution in [3.05, 3.63) is 82.4 Å². The molecule has 11 heteroatoms. The second-order valence-corrected chi connectivity index (χ2v) is 12.3. The van der Waals surface area contributed by atoms with Crippen LogP contribution in [0.2, 0.25) is 0 Å². The standard InChI is InChI=1S/C31H34FN5O4S/c1-20-12-27(42-35-20)24-14-26(32)29(38)37(18-24)17-22-6-5-7-23(13-22)28-33-15-25(16-34-28)40-19-21-8-10-36(11-9-21)30(39)41-31(2,3)4/h5-7,12-16,18,21H,8-11,17,19H2,1-4H3. The molecule has 0 bridgehead atoms. The summed E-state index contributed by atoms with van der Waals surface area (Å²) in [5.74, 6) is 0.609. The van der Waals surface area contributed by atoms with E-state index in [2.05, 4.69) is 14.3 Å². The van der Waals surface area contributed by atoms with Crippen molar-refractivity contribution in [2.45, 2.75) is 52.7 Å². The Morgan fingerprint density at radius 1 is 1.10 bits per heavy atom. The number of amides is 1. The molecular formula is C31H34FN5O4S. The van der Waals surface area contributed by atoms with Gasteiger partial charge in [0.1, 0.15) is 5.60 Å². The highest BCUT2D eigenvalue weighted by Gasteiger charge is 2.27. The second-order valence-electron chi connectivity index (χ2n) is 11.5. The minimum atomic E-state index is -0.803. The van der Waals surface area contributed by atoms with Gasteiger partial charge in [-0.2, -0.15) is 4.37 Å². The highest BCUT2D eigenvalue weighted by atomic mass is 32.1. The van der Waals surface area contributed by atoms with E-state index in [0.29, 0.717) is 42.8 Å². The number of rotatable bonds is 7. The van der Waals surface area contributed by atoms with Crippen molar-refractivity contribution in [2.24, 2.45) is 5.92 Å². The fourth-order valence-corrected chi connectivity index (χ4v) is 5.45. The molecule has 0 aliphatic carbocycles. The van der Waals surface area contributed by atoms with Gasteiger partial charge in [0, 0.05) is 30.4 Å². The number of carbonyl (C=O) groups excluding carboxylic acids is 1. The molecule has 220 valence electrons. The predicted molar refractivity (Wildman–Crippen MR) is 159 cm³/mol. The molecule has 0 saturated carbocycles. The van der Waals surface area contributed by atoms with E-state index in [-0.39, 0.29) is 12.6 Å². The van der Waals surface area contributed by atoms with Gasteiger partial charge >= 0.3 is 6.09 Å². The highest BCUT2D eigenvalue weighted by Crippen LogP contribution is 2.25.